The van der Waals surface area contributed by atoms with Gasteiger partial charge >= 0.3 is 0 Å². The second-order valence-corrected chi connectivity index (χ2v) is 5.53. The van der Waals surface area contributed by atoms with Crippen LogP contribution in [0.15, 0.2) is 54.6 Å². The van der Waals surface area contributed by atoms with Crippen LogP contribution in [0.4, 0.5) is 0 Å². The predicted octanol–water partition coefficient (Wildman–Crippen LogP) is 4.13. The molecule has 0 saturated carbocycles. The second kappa shape index (κ2) is 6.38. The zero-order valence-electron chi connectivity index (χ0n) is 12.0. The minimum absolute atomic E-state index is 0.213. The molecule has 2 aromatic carbocycles. The van der Waals surface area contributed by atoms with E-state index in [2.05, 4.69) is 13.8 Å². The van der Waals surface area contributed by atoms with Crippen LogP contribution in [-0.2, 0) is 16.8 Å². The second-order valence-electron chi connectivity index (χ2n) is 5.53. The van der Waals surface area contributed by atoms with Gasteiger partial charge in [0.15, 0.2) is 0 Å². The molecule has 0 N–H and O–H groups in total. The Hall–Kier alpha value is -2.09. The lowest BCUT2D eigenvalue weighted by Gasteiger charge is -2.25. The molecule has 0 fully saturated rings. The molecule has 104 valence electrons. The first kappa shape index (κ1) is 14.3. The van der Waals surface area contributed by atoms with E-state index >= 15 is 0 Å². The highest BCUT2D eigenvalue weighted by atomic mass is 16.5. The summed E-state index contributed by atoms with van der Waals surface area (Å²) in [4.78, 5) is 10.8. The van der Waals surface area contributed by atoms with Crippen molar-refractivity contribution in [3.63, 3.8) is 0 Å². The maximum Gasteiger partial charge on any atom is 0.123 e. The van der Waals surface area contributed by atoms with Crippen LogP contribution in [-0.4, -0.2) is 6.29 Å². The topological polar surface area (TPSA) is 26.3 Å². The summed E-state index contributed by atoms with van der Waals surface area (Å²) < 4.78 is 5.94. The number of hydrogen-bond acceptors (Lipinski definition) is 2. The third-order valence-electron chi connectivity index (χ3n) is 3.45. The summed E-state index contributed by atoms with van der Waals surface area (Å²) in [6.45, 7) is 4.66. The fourth-order valence-corrected chi connectivity index (χ4v) is 2.21. The molecule has 2 aromatic rings. The van der Waals surface area contributed by atoms with Crippen molar-refractivity contribution in [1.29, 1.82) is 0 Å². The van der Waals surface area contributed by atoms with E-state index in [-0.39, 0.29) is 5.41 Å². The molecule has 0 spiro atoms. The van der Waals surface area contributed by atoms with Crippen LogP contribution in [0.1, 0.15) is 31.4 Å². The smallest absolute Gasteiger partial charge is 0.123 e. The quantitative estimate of drug-likeness (QED) is 0.736. The molecule has 2 rings (SSSR count). The van der Waals surface area contributed by atoms with Crippen LogP contribution >= 0.6 is 0 Å². The molecule has 20 heavy (non-hydrogen) atoms. The minimum atomic E-state index is -0.213. The number of aldehydes is 1. The lowest BCUT2D eigenvalue weighted by Crippen LogP contribution is -2.19. The van der Waals surface area contributed by atoms with Crippen molar-refractivity contribution in [2.45, 2.75) is 32.3 Å². The third kappa shape index (κ3) is 3.47. The van der Waals surface area contributed by atoms with Crippen LogP contribution in [0.25, 0.3) is 0 Å². The van der Waals surface area contributed by atoms with Crippen molar-refractivity contribution in [1.82, 2.24) is 0 Å². The van der Waals surface area contributed by atoms with Crippen LogP contribution in [0, 0.1) is 0 Å². The molecule has 0 bridgehead atoms. The van der Waals surface area contributed by atoms with Gasteiger partial charge in [0.2, 0.25) is 0 Å². The van der Waals surface area contributed by atoms with Crippen molar-refractivity contribution in [2.75, 3.05) is 0 Å². The zero-order valence-corrected chi connectivity index (χ0v) is 12.0. The summed E-state index contributed by atoms with van der Waals surface area (Å²) in [6.07, 6.45) is 1.45. The molecule has 0 radical (unpaired) electrons. The summed E-state index contributed by atoms with van der Waals surface area (Å²) in [5.41, 5.74) is 1.99. The van der Waals surface area contributed by atoms with E-state index in [9.17, 15) is 4.79 Å². The first-order valence-corrected chi connectivity index (χ1v) is 6.83. The fraction of sp³-hybridized carbons (Fsp3) is 0.278. The highest BCUT2D eigenvalue weighted by molar-refractivity contribution is 5.54. The number of para-hydroxylation sites is 1. The monoisotopic (exact) mass is 268 g/mol. The number of rotatable bonds is 6. The molecule has 0 unspecified atom stereocenters. The lowest BCUT2D eigenvalue weighted by molar-refractivity contribution is -0.108. The molecule has 0 amide bonds. The van der Waals surface area contributed by atoms with Gasteiger partial charge in [0, 0.05) is 12.0 Å². The van der Waals surface area contributed by atoms with Gasteiger partial charge in [0.05, 0.1) is 0 Å². The van der Waals surface area contributed by atoms with E-state index in [1.807, 2.05) is 54.6 Å². The Morgan fingerprint density at radius 3 is 2.35 bits per heavy atom. The Kier molecular flexibility index (Phi) is 4.57. The number of carbonyl (C=O) groups is 1. The van der Waals surface area contributed by atoms with E-state index in [1.54, 1.807) is 0 Å². The molecule has 0 aromatic heterocycles. The standard InChI is InChI=1S/C18H20O2/c1-18(2,12-13-19)16-10-6-7-11-17(16)20-14-15-8-4-3-5-9-15/h3-11,13H,12,14H2,1-2H3. The first-order chi connectivity index (χ1) is 9.63. The van der Waals surface area contributed by atoms with E-state index in [1.165, 1.54) is 0 Å². The Balaban J connectivity index is 2.18. The Labute approximate surface area is 120 Å². The Morgan fingerprint density at radius 1 is 1.00 bits per heavy atom. The first-order valence-electron chi connectivity index (χ1n) is 6.83. The average molecular weight is 268 g/mol. The summed E-state index contributed by atoms with van der Waals surface area (Å²) in [7, 11) is 0. The average Bonchev–Trinajstić information content (AvgIpc) is 2.46. The van der Waals surface area contributed by atoms with E-state index in [0.29, 0.717) is 13.0 Å². The van der Waals surface area contributed by atoms with E-state index in [4.69, 9.17) is 4.74 Å². The molecule has 0 aliphatic carbocycles. The number of carbonyl (C=O) groups excluding carboxylic acids is 1. The highest BCUT2D eigenvalue weighted by Gasteiger charge is 2.23. The molecule has 2 nitrogen and oxygen atoms in total. The van der Waals surface area contributed by atoms with Gasteiger partial charge in [-0.15, -0.1) is 0 Å². The molecular formula is C18H20O2. The van der Waals surface area contributed by atoms with Crippen LogP contribution in [0.2, 0.25) is 0 Å². The summed E-state index contributed by atoms with van der Waals surface area (Å²) in [5, 5.41) is 0. The van der Waals surface area contributed by atoms with Gasteiger partial charge in [-0.3, -0.25) is 0 Å². The minimum Gasteiger partial charge on any atom is -0.489 e. The lowest BCUT2D eigenvalue weighted by atomic mass is 9.81. The molecule has 0 saturated heterocycles. The number of benzene rings is 2. The molecule has 0 aliphatic rings. The van der Waals surface area contributed by atoms with Gasteiger partial charge < -0.3 is 9.53 Å². The van der Waals surface area contributed by atoms with Gasteiger partial charge in [-0.05, 0) is 17.0 Å². The van der Waals surface area contributed by atoms with E-state index in [0.717, 1.165) is 23.2 Å². The van der Waals surface area contributed by atoms with Gasteiger partial charge in [-0.25, -0.2) is 0 Å². The highest BCUT2D eigenvalue weighted by Crippen LogP contribution is 2.33. The third-order valence-corrected chi connectivity index (χ3v) is 3.45. The number of ether oxygens (including phenoxy) is 1. The van der Waals surface area contributed by atoms with Crippen molar-refractivity contribution in [2.24, 2.45) is 0 Å². The normalized spacial score (nSPS) is 11.1. The maximum atomic E-state index is 10.8. The number of hydrogen-bond donors (Lipinski definition) is 0. The summed E-state index contributed by atoms with van der Waals surface area (Å²) in [5.74, 6) is 0.850. The van der Waals surface area contributed by atoms with Crippen molar-refractivity contribution in [3.8, 4) is 5.75 Å². The van der Waals surface area contributed by atoms with Crippen molar-refractivity contribution in [3.05, 3.63) is 65.7 Å². The summed E-state index contributed by atoms with van der Waals surface area (Å²) >= 11 is 0. The predicted molar refractivity (Wildman–Crippen MR) is 80.9 cm³/mol. The largest absolute Gasteiger partial charge is 0.489 e. The van der Waals surface area contributed by atoms with Crippen LogP contribution in [0.5, 0.6) is 5.75 Å². The van der Waals surface area contributed by atoms with Crippen LogP contribution in [0.3, 0.4) is 0 Å². The van der Waals surface area contributed by atoms with E-state index < -0.39 is 0 Å². The molecule has 0 aliphatic heterocycles. The van der Waals surface area contributed by atoms with Crippen LogP contribution < -0.4 is 4.74 Å². The fourth-order valence-electron chi connectivity index (χ4n) is 2.21. The summed E-state index contributed by atoms with van der Waals surface area (Å²) in [6, 6.07) is 18.0. The van der Waals surface area contributed by atoms with Gasteiger partial charge in [0.25, 0.3) is 0 Å². The van der Waals surface area contributed by atoms with Crippen molar-refractivity contribution >= 4 is 6.29 Å². The zero-order chi connectivity index (χ0) is 14.4. The maximum absolute atomic E-state index is 10.8. The Bertz CT molecular complexity index is 559. The van der Waals surface area contributed by atoms with Crippen molar-refractivity contribution < 1.29 is 9.53 Å². The van der Waals surface area contributed by atoms with Gasteiger partial charge in [-0.1, -0.05) is 62.4 Å². The molecule has 0 atom stereocenters. The molecule has 0 heterocycles. The van der Waals surface area contributed by atoms with Gasteiger partial charge in [-0.2, -0.15) is 0 Å². The SMILES string of the molecule is CC(C)(CC=O)c1ccccc1OCc1ccccc1. The molecule has 2 heteroatoms. The Morgan fingerprint density at radius 2 is 1.65 bits per heavy atom. The molecular weight excluding hydrogens is 248 g/mol. The van der Waals surface area contributed by atoms with Gasteiger partial charge in [0.1, 0.15) is 18.6 Å².